The molecule has 0 saturated carbocycles. The van der Waals surface area contributed by atoms with Crippen LogP contribution in [0.2, 0.25) is 0 Å². The van der Waals surface area contributed by atoms with Crippen molar-refractivity contribution in [3.05, 3.63) is 41.2 Å². The Hall–Kier alpha value is -1.42. The third-order valence-corrected chi connectivity index (χ3v) is 3.00. The number of benzene rings is 1. The number of alkyl halides is 1. The molecule has 0 amide bonds. The van der Waals surface area contributed by atoms with E-state index in [9.17, 15) is 0 Å². The van der Waals surface area contributed by atoms with Gasteiger partial charge in [0.2, 0.25) is 0 Å². The summed E-state index contributed by atoms with van der Waals surface area (Å²) in [6, 6.07) is 8.43. The van der Waals surface area contributed by atoms with Crippen LogP contribution in [-0.2, 0) is 0 Å². The minimum atomic E-state index is -0.196. The predicted octanol–water partition coefficient (Wildman–Crippen LogP) is 2.89. The average Bonchev–Trinajstić information content (AvgIpc) is 2.78. The van der Waals surface area contributed by atoms with Gasteiger partial charge in [0, 0.05) is 0 Å². The molecule has 0 N–H and O–H groups in total. The van der Waals surface area contributed by atoms with Gasteiger partial charge in [0.25, 0.3) is 0 Å². The van der Waals surface area contributed by atoms with Gasteiger partial charge in [-0.3, -0.25) is 0 Å². The normalized spacial score (nSPS) is 14.6. The highest BCUT2D eigenvalue weighted by Gasteiger charge is 2.17. The van der Waals surface area contributed by atoms with Crippen molar-refractivity contribution in [1.29, 1.82) is 0 Å². The Morgan fingerprint density at radius 3 is 2.41 bits per heavy atom. The Labute approximate surface area is 106 Å². The van der Waals surface area contributed by atoms with Crippen molar-refractivity contribution in [2.75, 3.05) is 0 Å². The number of halogens is 1. The third kappa shape index (κ3) is 2.47. The molecule has 1 aromatic carbocycles. The zero-order valence-electron chi connectivity index (χ0n) is 10.1. The maximum absolute atomic E-state index is 6.04. The smallest absolute Gasteiger partial charge is 0.169 e. The fourth-order valence-electron chi connectivity index (χ4n) is 1.72. The van der Waals surface area contributed by atoms with Crippen molar-refractivity contribution in [3.63, 3.8) is 0 Å². The third-order valence-electron chi connectivity index (χ3n) is 2.80. The van der Waals surface area contributed by atoms with E-state index in [0.717, 1.165) is 0 Å². The second kappa shape index (κ2) is 4.84. The van der Waals surface area contributed by atoms with Crippen molar-refractivity contribution >= 4 is 11.6 Å². The summed E-state index contributed by atoms with van der Waals surface area (Å²) in [7, 11) is 0. The number of hydrogen-bond acceptors (Lipinski definition) is 3. The van der Waals surface area contributed by atoms with E-state index < -0.39 is 0 Å². The summed E-state index contributed by atoms with van der Waals surface area (Å²) in [5, 5.41) is 11.4. The van der Waals surface area contributed by atoms with Gasteiger partial charge < -0.3 is 0 Å². The van der Waals surface area contributed by atoms with Gasteiger partial charge in [0.1, 0.15) is 0 Å². The van der Waals surface area contributed by atoms with Gasteiger partial charge in [-0.2, -0.15) is 0 Å². The molecule has 0 aliphatic carbocycles. The highest BCUT2D eigenvalue weighted by atomic mass is 35.5. The molecule has 0 bridgehead atoms. The molecule has 2 rings (SSSR count). The lowest BCUT2D eigenvalue weighted by atomic mass is 10.1. The van der Waals surface area contributed by atoms with Crippen molar-refractivity contribution < 1.29 is 0 Å². The van der Waals surface area contributed by atoms with Gasteiger partial charge in [-0.15, -0.1) is 16.7 Å². The van der Waals surface area contributed by atoms with E-state index in [-0.39, 0.29) is 11.4 Å². The van der Waals surface area contributed by atoms with Gasteiger partial charge in [-0.05, 0) is 36.8 Å². The van der Waals surface area contributed by atoms with Crippen LogP contribution in [0.15, 0.2) is 24.3 Å². The van der Waals surface area contributed by atoms with Gasteiger partial charge >= 0.3 is 0 Å². The molecule has 0 aliphatic rings. The second-order valence-electron chi connectivity index (χ2n) is 4.18. The van der Waals surface area contributed by atoms with Crippen LogP contribution in [0.1, 0.15) is 42.2 Å². The molecule has 17 heavy (non-hydrogen) atoms. The van der Waals surface area contributed by atoms with Crippen LogP contribution in [0.25, 0.3) is 0 Å². The lowest BCUT2D eigenvalue weighted by molar-refractivity contribution is 0.520. The Bertz CT molecular complexity index is 489. The second-order valence-corrected chi connectivity index (χ2v) is 4.84. The monoisotopic (exact) mass is 250 g/mol. The zero-order valence-corrected chi connectivity index (χ0v) is 10.9. The van der Waals surface area contributed by atoms with E-state index in [1.54, 1.807) is 4.68 Å². The first-order valence-corrected chi connectivity index (χ1v) is 6.01. The van der Waals surface area contributed by atoms with Crippen molar-refractivity contribution in [2.24, 2.45) is 0 Å². The van der Waals surface area contributed by atoms with Crippen LogP contribution in [0.3, 0.4) is 0 Å². The number of aryl methyl sites for hydroxylation is 1. The fourth-order valence-corrected chi connectivity index (χ4v) is 1.87. The minimum absolute atomic E-state index is 0.0850. The molecule has 5 heteroatoms. The molecular weight excluding hydrogens is 236 g/mol. The molecule has 1 heterocycles. The number of nitrogens with zero attached hydrogens (tertiary/aromatic N) is 4. The molecule has 2 unspecified atom stereocenters. The predicted molar refractivity (Wildman–Crippen MR) is 67.1 cm³/mol. The Kier molecular flexibility index (Phi) is 3.43. The standard InChI is InChI=1S/C12H15ClN4/c1-8-4-6-11(7-5-8)10(3)17-12(9(2)13)14-15-16-17/h4-7,9-10H,1-3H3. The maximum atomic E-state index is 6.04. The summed E-state index contributed by atoms with van der Waals surface area (Å²) in [6.07, 6.45) is 0. The Balaban J connectivity index is 2.33. The first-order chi connectivity index (χ1) is 8.09. The van der Waals surface area contributed by atoms with E-state index in [2.05, 4.69) is 53.6 Å². The van der Waals surface area contributed by atoms with Crippen LogP contribution < -0.4 is 0 Å². The number of rotatable bonds is 3. The van der Waals surface area contributed by atoms with Crippen LogP contribution in [0.4, 0.5) is 0 Å². The maximum Gasteiger partial charge on any atom is 0.169 e. The van der Waals surface area contributed by atoms with Crippen molar-refractivity contribution in [3.8, 4) is 0 Å². The van der Waals surface area contributed by atoms with Gasteiger partial charge in [-0.25, -0.2) is 4.68 Å². The molecule has 0 saturated heterocycles. The summed E-state index contributed by atoms with van der Waals surface area (Å²) in [6.45, 7) is 5.99. The summed E-state index contributed by atoms with van der Waals surface area (Å²) in [5.74, 6) is 0.694. The van der Waals surface area contributed by atoms with Crippen molar-refractivity contribution in [1.82, 2.24) is 20.2 Å². The van der Waals surface area contributed by atoms with Gasteiger partial charge in [-0.1, -0.05) is 29.8 Å². The Morgan fingerprint density at radius 1 is 1.18 bits per heavy atom. The number of tetrazole rings is 1. The molecule has 0 radical (unpaired) electrons. The SMILES string of the molecule is Cc1ccc(C(C)n2nnnc2C(C)Cl)cc1. The molecule has 2 atom stereocenters. The minimum Gasteiger partial charge on any atom is -0.221 e. The van der Waals surface area contributed by atoms with Crippen molar-refractivity contribution in [2.45, 2.75) is 32.2 Å². The lowest BCUT2D eigenvalue weighted by Crippen LogP contribution is -2.13. The van der Waals surface area contributed by atoms with E-state index in [1.807, 2.05) is 6.92 Å². The molecule has 4 nitrogen and oxygen atoms in total. The molecule has 90 valence electrons. The first kappa shape index (κ1) is 12.0. The molecular formula is C12H15ClN4. The van der Waals surface area contributed by atoms with Crippen LogP contribution in [0.5, 0.6) is 0 Å². The Morgan fingerprint density at radius 2 is 1.82 bits per heavy atom. The van der Waals surface area contributed by atoms with E-state index >= 15 is 0 Å². The van der Waals surface area contributed by atoms with Gasteiger partial charge in [0.05, 0.1) is 11.4 Å². The first-order valence-electron chi connectivity index (χ1n) is 5.58. The molecule has 0 fully saturated rings. The van der Waals surface area contributed by atoms with E-state index in [0.29, 0.717) is 5.82 Å². The van der Waals surface area contributed by atoms with E-state index in [1.165, 1.54) is 11.1 Å². The largest absolute Gasteiger partial charge is 0.221 e. The van der Waals surface area contributed by atoms with E-state index in [4.69, 9.17) is 11.6 Å². The summed E-state index contributed by atoms with van der Waals surface area (Å²) in [4.78, 5) is 0. The van der Waals surface area contributed by atoms with Gasteiger partial charge in [0.15, 0.2) is 5.82 Å². The van der Waals surface area contributed by atoms with Crippen LogP contribution in [0, 0.1) is 6.92 Å². The summed E-state index contributed by atoms with van der Waals surface area (Å²) < 4.78 is 1.77. The number of hydrogen-bond donors (Lipinski definition) is 0. The molecule has 2 aromatic rings. The topological polar surface area (TPSA) is 43.6 Å². The average molecular weight is 251 g/mol. The van der Waals surface area contributed by atoms with Crippen LogP contribution >= 0.6 is 11.6 Å². The van der Waals surface area contributed by atoms with Crippen LogP contribution in [-0.4, -0.2) is 20.2 Å². The molecule has 0 aliphatic heterocycles. The highest BCUT2D eigenvalue weighted by Crippen LogP contribution is 2.23. The zero-order chi connectivity index (χ0) is 12.4. The number of aromatic nitrogens is 4. The quantitative estimate of drug-likeness (QED) is 0.787. The molecule has 1 aromatic heterocycles. The summed E-state index contributed by atoms with van der Waals surface area (Å²) >= 11 is 6.04. The highest BCUT2D eigenvalue weighted by molar-refractivity contribution is 6.20. The lowest BCUT2D eigenvalue weighted by Gasteiger charge is -2.14. The fraction of sp³-hybridized carbons (Fsp3) is 0.417. The molecule has 0 spiro atoms. The summed E-state index contributed by atoms with van der Waals surface area (Å²) in [5.41, 5.74) is 2.41.